The van der Waals surface area contributed by atoms with Gasteiger partial charge in [0.15, 0.2) is 5.82 Å². The minimum Gasteiger partial charge on any atom is -0.373 e. The van der Waals surface area contributed by atoms with Crippen molar-refractivity contribution in [3.8, 4) is 11.4 Å². The van der Waals surface area contributed by atoms with Gasteiger partial charge in [-0.2, -0.15) is 0 Å². The Morgan fingerprint density at radius 3 is 2.68 bits per heavy atom. The first-order valence-electron chi connectivity index (χ1n) is 6.07. The third kappa shape index (κ3) is 2.90. The molecule has 1 aromatic heterocycles. The standard InChI is InChI=1S/C14H15BrClN3/c1-4-12-8(2)13(17-3)19-14(18-12)10-7-9(15)5-6-11(10)16/h5-7H,4H2,1-3H3,(H,17,18,19). The van der Waals surface area contributed by atoms with Gasteiger partial charge in [0.05, 0.1) is 5.02 Å². The molecule has 19 heavy (non-hydrogen) atoms. The quantitative estimate of drug-likeness (QED) is 0.895. The van der Waals surface area contributed by atoms with E-state index in [2.05, 4.69) is 38.1 Å². The zero-order valence-electron chi connectivity index (χ0n) is 11.1. The minimum absolute atomic E-state index is 0.649. The van der Waals surface area contributed by atoms with Crippen molar-refractivity contribution < 1.29 is 0 Å². The summed E-state index contributed by atoms with van der Waals surface area (Å²) in [6, 6.07) is 5.68. The Bertz CT molecular complexity index is 589. The number of nitrogens with one attached hydrogen (secondary N) is 1. The van der Waals surface area contributed by atoms with Crippen LogP contribution in [0.3, 0.4) is 0 Å². The van der Waals surface area contributed by atoms with E-state index in [1.54, 1.807) is 0 Å². The lowest BCUT2D eigenvalue weighted by atomic mass is 10.1. The first-order valence-corrected chi connectivity index (χ1v) is 7.24. The van der Waals surface area contributed by atoms with Gasteiger partial charge in [0.2, 0.25) is 0 Å². The van der Waals surface area contributed by atoms with Crippen LogP contribution in [0.2, 0.25) is 5.02 Å². The molecule has 1 aromatic carbocycles. The summed E-state index contributed by atoms with van der Waals surface area (Å²) in [5.74, 6) is 1.50. The summed E-state index contributed by atoms with van der Waals surface area (Å²) in [4.78, 5) is 9.16. The maximum atomic E-state index is 6.24. The molecule has 0 aliphatic carbocycles. The van der Waals surface area contributed by atoms with E-state index in [4.69, 9.17) is 11.6 Å². The maximum absolute atomic E-state index is 6.24. The number of benzene rings is 1. The molecule has 2 rings (SSSR count). The Hall–Kier alpha value is -1.13. The van der Waals surface area contributed by atoms with E-state index < -0.39 is 0 Å². The molecule has 0 radical (unpaired) electrons. The zero-order chi connectivity index (χ0) is 14.0. The summed E-state index contributed by atoms with van der Waals surface area (Å²) in [5, 5.41) is 3.76. The van der Waals surface area contributed by atoms with Crippen LogP contribution < -0.4 is 5.32 Å². The highest BCUT2D eigenvalue weighted by molar-refractivity contribution is 9.10. The number of hydrogen-bond acceptors (Lipinski definition) is 3. The average molecular weight is 341 g/mol. The molecule has 0 aliphatic heterocycles. The number of anilines is 1. The van der Waals surface area contributed by atoms with Crippen molar-refractivity contribution in [1.29, 1.82) is 0 Å². The highest BCUT2D eigenvalue weighted by Crippen LogP contribution is 2.30. The fraction of sp³-hybridized carbons (Fsp3) is 0.286. The van der Waals surface area contributed by atoms with Crippen LogP contribution in [0.5, 0.6) is 0 Å². The number of rotatable bonds is 3. The summed E-state index contributed by atoms with van der Waals surface area (Å²) in [5.41, 5.74) is 2.95. The summed E-state index contributed by atoms with van der Waals surface area (Å²) < 4.78 is 0.958. The number of aryl methyl sites for hydroxylation is 1. The lowest BCUT2D eigenvalue weighted by Crippen LogP contribution is -2.04. The van der Waals surface area contributed by atoms with Crippen molar-refractivity contribution in [1.82, 2.24) is 9.97 Å². The van der Waals surface area contributed by atoms with Crippen LogP contribution in [0.25, 0.3) is 11.4 Å². The van der Waals surface area contributed by atoms with Gasteiger partial charge in [0, 0.05) is 28.3 Å². The minimum atomic E-state index is 0.649. The van der Waals surface area contributed by atoms with E-state index >= 15 is 0 Å². The van der Waals surface area contributed by atoms with Crippen LogP contribution >= 0.6 is 27.5 Å². The van der Waals surface area contributed by atoms with Crippen LogP contribution in [-0.2, 0) is 6.42 Å². The molecule has 0 spiro atoms. The van der Waals surface area contributed by atoms with Gasteiger partial charge >= 0.3 is 0 Å². The molecule has 0 fully saturated rings. The molecular weight excluding hydrogens is 326 g/mol. The van der Waals surface area contributed by atoms with Gasteiger partial charge in [0.25, 0.3) is 0 Å². The van der Waals surface area contributed by atoms with Gasteiger partial charge in [-0.05, 0) is 31.5 Å². The van der Waals surface area contributed by atoms with Gasteiger partial charge < -0.3 is 5.32 Å². The SMILES string of the molecule is CCc1nc(-c2cc(Br)ccc2Cl)nc(NC)c1C. The molecule has 1 heterocycles. The van der Waals surface area contributed by atoms with Gasteiger partial charge in [-0.15, -0.1) is 0 Å². The first kappa shape index (κ1) is 14.3. The third-order valence-corrected chi connectivity index (χ3v) is 3.81. The molecule has 0 aliphatic rings. The zero-order valence-corrected chi connectivity index (χ0v) is 13.4. The van der Waals surface area contributed by atoms with Crippen molar-refractivity contribution >= 4 is 33.3 Å². The van der Waals surface area contributed by atoms with Crippen molar-refractivity contribution in [2.45, 2.75) is 20.3 Å². The monoisotopic (exact) mass is 339 g/mol. The van der Waals surface area contributed by atoms with Gasteiger partial charge in [-0.25, -0.2) is 9.97 Å². The largest absolute Gasteiger partial charge is 0.373 e. The lowest BCUT2D eigenvalue weighted by Gasteiger charge is -2.12. The van der Waals surface area contributed by atoms with Crippen molar-refractivity contribution in [2.24, 2.45) is 0 Å². The molecule has 0 saturated heterocycles. The molecule has 0 saturated carbocycles. The third-order valence-electron chi connectivity index (χ3n) is 2.99. The molecule has 1 N–H and O–H groups in total. The van der Waals surface area contributed by atoms with Gasteiger partial charge in [0.1, 0.15) is 5.82 Å². The Kier molecular flexibility index (Phi) is 4.42. The van der Waals surface area contributed by atoms with E-state index in [9.17, 15) is 0 Å². The average Bonchev–Trinajstić information content (AvgIpc) is 2.42. The van der Waals surface area contributed by atoms with E-state index in [0.29, 0.717) is 10.8 Å². The highest BCUT2D eigenvalue weighted by atomic mass is 79.9. The van der Waals surface area contributed by atoms with Crippen LogP contribution in [0.1, 0.15) is 18.2 Å². The predicted octanol–water partition coefficient (Wildman–Crippen LogP) is 4.47. The van der Waals surface area contributed by atoms with E-state index in [1.807, 2.05) is 32.2 Å². The molecule has 5 heteroatoms. The highest BCUT2D eigenvalue weighted by Gasteiger charge is 2.13. The van der Waals surface area contributed by atoms with Crippen molar-refractivity contribution in [2.75, 3.05) is 12.4 Å². The molecule has 0 bridgehead atoms. The topological polar surface area (TPSA) is 37.8 Å². The summed E-state index contributed by atoms with van der Waals surface area (Å²) in [6.45, 7) is 4.11. The van der Waals surface area contributed by atoms with E-state index in [-0.39, 0.29) is 0 Å². The fourth-order valence-corrected chi connectivity index (χ4v) is 2.50. The molecule has 0 atom stereocenters. The predicted molar refractivity (Wildman–Crippen MR) is 83.8 cm³/mol. The first-order chi connectivity index (χ1) is 9.06. The Morgan fingerprint density at radius 1 is 1.32 bits per heavy atom. The second-order valence-corrected chi connectivity index (χ2v) is 5.52. The van der Waals surface area contributed by atoms with Gasteiger partial charge in [-0.3, -0.25) is 0 Å². The number of nitrogens with zero attached hydrogens (tertiary/aromatic N) is 2. The maximum Gasteiger partial charge on any atom is 0.163 e. The molecule has 100 valence electrons. The van der Waals surface area contributed by atoms with Crippen LogP contribution in [0.15, 0.2) is 22.7 Å². The summed E-state index contributed by atoms with van der Waals surface area (Å²) in [7, 11) is 1.86. The molecule has 3 nitrogen and oxygen atoms in total. The molecule has 2 aromatic rings. The molecular formula is C14H15BrClN3. The number of aromatic nitrogens is 2. The second kappa shape index (κ2) is 5.88. The van der Waals surface area contributed by atoms with Crippen LogP contribution in [0.4, 0.5) is 5.82 Å². The molecule has 0 amide bonds. The normalized spacial score (nSPS) is 10.6. The van der Waals surface area contributed by atoms with Crippen molar-refractivity contribution in [3.63, 3.8) is 0 Å². The number of hydrogen-bond donors (Lipinski definition) is 1. The smallest absolute Gasteiger partial charge is 0.163 e. The lowest BCUT2D eigenvalue weighted by molar-refractivity contribution is 0.977. The van der Waals surface area contributed by atoms with Crippen LogP contribution in [0, 0.1) is 6.92 Å². The van der Waals surface area contributed by atoms with Crippen molar-refractivity contribution in [3.05, 3.63) is 39.0 Å². The van der Waals surface area contributed by atoms with E-state index in [1.165, 1.54) is 0 Å². The molecule has 0 unspecified atom stereocenters. The Morgan fingerprint density at radius 2 is 2.05 bits per heavy atom. The Labute approximate surface area is 126 Å². The summed E-state index contributed by atoms with van der Waals surface area (Å²) >= 11 is 9.69. The number of halogens is 2. The second-order valence-electron chi connectivity index (χ2n) is 4.20. The van der Waals surface area contributed by atoms with E-state index in [0.717, 1.165) is 33.5 Å². The fourth-order valence-electron chi connectivity index (χ4n) is 1.94. The van der Waals surface area contributed by atoms with Gasteiger partial charge in [-0.1, -0.05) is 34.5 Å². The van der Waals surface area contributed by atoms with Crippen LogP contribution in [-0.4, -0.2) is 17.0 Å². The summed E-state index contributed by atoms with van der Waals surface area (Å²) in [6.07, 6.45) is 0.863. The Balaban J connectivity index is 2.65.